The van der Waals surface area contributed by atoms with Gasteiger partial charge in [0.2, 0.25) is 5.91 Å². The van der Waals surface area contributed by atoms with Gasteiger partial charge in [-0.25, -0.2) is 4.98 Å². The van der Waals surface area contributed by atoms with E-state index >= 15 is 0 Å². The van der Waals surface area contributed by atoms with Crippen molar-refractivity contribution in [1.29, 1.82) is 0 Å². The van der Waals surface area contributed by atoms with E-state index in [-0.39, 0.29) is 18.0 Å². The van der Waals surface area contributed by atoms with Crippen molar-refractivity contribution in [3.63, 3.8) is 0 Å². The van der Waals surface area contributed by atoms with E-state index in [1.54, 1.807) is 11.9 Å². The smallest absolute Gasteiger partial charge is 0.262 e. The van der Waals surface area contributed by atoms with Crippen LogP contribution in [-0.2, 0) is 17.9 Å². The molecule has 0 atom stereocenters. The number of thiophene rings is 1. The fraction of sp³-hybridized carbons (Fsp3) is 0.208. The van der Waals surface area contributed by atoms with E-state index in [0.29, 0.717) is 41.5 Å². The van der Waals surface area contributed by atoms with Crippen LogP contribution >= 0.6 is 11.3 Å². The maximum absolute atomic E-state index is 13.0. The molecule has 0 fully saturated rings. The van der Waals surface area contributed by atoms with Crippen LogP contribution in [0, 0.1) is 0 Å². The molecule has 0 radical (unpaired) electrons. The molecule has 0 saturated heterocycles. The van der Waals surface area contributed by atoms with Gasteiger partial charge in [-0.05, 0) is 29.3 Å². The highest BCUT2D eigenvalue weighted by Crippen LogP contribution is 2.31. The Kier molecular flexibility index (Phi) is 5.36. The molecule has 0 bridgehead atoms. The van der Waals surface area contributed by atoms with Crippen LogP contribution in [0.15, 0.2) is 65.7 Å². The van der Waals surface area contributed by atoms with E-state index in [1.165, 1.54) is 22.2 Å². The number of hydrogen-bond donors (Lipinski definition) is 0. The Balaban J connectivity index is 1.33. The molecule has 0 aliphatic carbocycles. The van der Waals surface area contributed by atoms with Crippen LogP contribution in [0.25, 0.3) is 20.7 Å². The van der Waals surface area contributed by atoms with Crippen LogP contribution in [0.4, 0.5) is 0 Å². The van der Waals surface area contributed by atoms with Crippen LogP contribution in [0.5, 0.6) is 11.5 Å². The maximum atomic E-state index is 13.0. The molecule has 2 aromatic heterocycles. The minimum Gasteiger partial charge on any atom is -0.486 e. The first-order valence-corrected chi connectivity index (χ1v) is 11.1. The van der Waals surface area contributed by atoms with Gasteiger partial charge >= 0.3 is 0 Å². The summed E-state index contributed by atoms with van der Waals surface area (Å²) in [7, 11) is 1.72. The number of fused-ring (bicyclic) bond motifs is 2. The molecular formula is C24H21N3O4S. The second-order valence-corrected chi connectivity index (χ2v) is 8.63. The van der Waals surface area contributed by atoms with Crippen molar-refractivity contribution in [2.24, 2.45) is 0 Å². The number of carbonyl (C=O) groups excluding carboxylic acids is 1. The summed E-state index contributed by atoms with van der Waals surface area (Å²) in [6.07, 6.45) is 1.45. The zero-order valence-electron chi connectivity index (χ0n) is 17.5. The molecule has 1 amide bonds. The molecule has 3 heterocycles. The van der Waals surface area contributed by atoms with Crippen molar-refractivity contribution < 1.29 is 14.3 Å². The predicted octanol–water partition coefficient (Wildman–Crippen LogP) is 3.55. The minimum absolute atomic E-state index is 0.0701. The summed E-state index contributed by atoms with van der Waals surface area (Å²) < 4.78 is 12.5. The summed E-state index contributed by atoms with van der Waals surface area (Å²) in [5, 5.41) is 0.527. The zero-order chi connectivity index (χ0) is 22.1. The number of ether oxygens (including phenoxy) is 2. The van der Waals surface area contributed by atoms with Gasteiger partial charge < -0.3 is 14.4 Å². The second kappa shape index (κ2) is 8.47. The highest BCUT2D eigenvalue weighted by molar-refractivity contribution is 7.21. The number of hydrogen-bond acceptors (Lipinski definition) is 6. The van der Waals surface area contributed by atoms with Crippen LogP contribution < -0.4 is 15.0 Å². The molecule has 0 spiro atoms. The molecule has 8 heteroatoms. The summed E-state index contributed by atoms with van der Waals surface area (Å²) in [5.41, 5.74) is 1.75. The van der Waals surface area contributed by atoms with Gasteiger partial charge in [0, 0.05) is 18.5 Å². The largest absolute Gasteiger partial charge is 0.486 e. The molecule has 0 unspecified atom stereocenters. The number of carbonyl (C=O) groups is 1. The van der Waals surface area contributed by atoms with E-state index in [1.807, 2.05) is 54.6 Å². The molecule has 0 N–H and O–H groups in total. The average molecular weight is 448 g/mol. The first kappa shape index (κ1) is 20.3. The molecular weight excluding hydrogens is 426 g/mol. The third-order valence-electron chi connectivity index (χ3n) is 5.33. The molecule has 4 aromatic rings. The number of aromatic nitrogens is 2. The summed E-state index contributed by atoms with van der Waals surface area (Å²) in [6, 6.07) is 17.4. The number of rotatable bonds is 5. The monoisotopic (exact) mass is 447 g/mol. The Morgan fingerprint density at radius 1 is 1.09 bits per heavy atom. The van der Waals surface area contributed by atoms with Crippen LogP contribution in [-0.4, -0.2) is 40.6 Å². The van der Waals surface area contributed by atoms with Gasteiger partial charge in [-0.1, -0.05) is 36.4 Å². The first-order chi connectivity index (χ1) is 15.6. The molecule has 1 aliphatic rings. The summed E-state index contributed by atoms with van der Waals surface area (Å²) in [6.45, 7) is 1.38. The maximum Gasteiger partial charge on any atom is 0.262 e. The quantitative estimate of drug-likeness (QED) is 0.468. The van der Waals surface area contributed by atoms with E-state index in [2.05, 4.69) is 4.98 Å². The predicted molar refractivity (Wildman–Crippen MR) is 123 cm³/mol. The topological polar surface area (TPSA) is 73.7 Å². The van der Waals surface area contributed by atoms with Crippen molar-refractivity contribution in [1.82, 2.24) is 14.5 Å². The number of nitrogens with zero attached hydrogens (tertiary/aromatic N) is 3. The molecule has 7 nitrogen and oxygen atoms in total. The van der Waals surface area contributed by atoms with E-state index < -0.39 is 0 Å². The Hall–Kier alpha value is -3.65. The lowest BCUT2D eigenvalue weighted by Crippen LogP contribution is -2.33. The number of benzene rings is 2. The van der Waals surface area contributed by atoms with Crippen molar-refractivity contribution in [3.05, 3.63) is 76.8 Å². The summed E-state index contributed by atoms with van der Waals surface area (Å²) in [5.74, 6) is 1.22. The van der Waals surface area contributed by atoms with Crippen molar-refractivity contribution in [3.8, 4) is 21.9 Å². The lowest BCUT2D eigenvalue weighted by Gasteiger charge is -2.21. The molecule has 2 aromatic carbocycles. The Morgan fingerprint density at radius 3 is 2.69 bits per heavy atom. The van der Waals surface area contributed by atoms with Crippen molar-refractivity contribution in [2.45, 2.75) is 13.1 Å². The third-order valence-corrected chi connectivity index (χ3v) is 6.43. The van der Waals surface area contributed by atoms with Crippen LogP contribution in [0.2, 0.25) is 0 Å². The summed E-state index contributed by atoms with van der Waals surface area (Å²) >= 11 is 1.47. The summed E-state index contributed by atoms with van der Waals surface area (Å²) in [4.78, 5) is 33.4. The van der Waals surface area contributed by atoms with Crippen LogP contribution in [0.1, 0.15) is 5.56 Å². The first-order valence-electron chi connectivity index (χ1n) is 10.3. The fourth-order valence-electron chi connectivity index (χ4n) is 3.63. The van der Waals surface area contributed by atoms with E-state index in [9.17, 15) is 9.59 Å². The Bertz CT molecular complexity index is 1350. The van der Waals surface area contributed by atoms with Gasteiger partial charge in [0.1, 0.15) is 24.6 Å². The van der Waals surface area contributed by atoms with Crippen molar-refractivity contribution >= 4 is 27.5 Å². The van der Waals surface area contributed by atoms with Gasteiger partial charge in [-0.15, -0.1) is 11.3 Å². The normalized spacial score (nSPS) is 12.7. The van der Waals surface area contributed by atoms with E-state index in [4.69, 9.17) is 9.47 Å². The van der Waals surface area contributed by atoms with Crippen molar-refractivity contribution in [2.75, 3.05) is 20.3 Å². The van der Waals surface area contributed by atoms with Gasteiger partial charge in [0.15, 0.2) is 11.5 Å². The highest BCUT2D eigenvalue weighted by atomic mass is 32.1. The Labute approximate surface area is 188 Å². The van der Waals surface area contributed by atoms with Gasteiger partial charge in [0.25, 0.3) is 5.56 Å². The SMILES string of the molecule is CN(Cc1ccc2c(c1)OCCO2)C(=O)Cn1cnc2sc(-c3ccccc3)cc2c1=O. The van der Waals surface area contributed by atoms with Gasteiger partial charge in [-0.3, -0.25) is 14.2 Å². The standard InChI is InChI=1S/C24H21N3O4S/c1-26(13-16-7-8-19-20(11-16)31-10-9-30-19)22(28)14-27-15-25-23-18(24(27)29)12-21(32-23)17-5-3-2-4-6-17/h2-8,11-12,15H,9-10,13-14H2,1H3. The number of amides is 1. The molecule has 32 heavy (non-hydrogen) atoms. The van der Waals surface area contributed by atoms with Gasteiger partial charge in [-0.2, -0.15) is 0 Å². The number of likely N-dealkylation sites (N-methyl/N-ethyl adjacent to an activating group) is 1. The van der Waals surface area contributed by atoms with Gasteiger partial charge in [0.05, 0.1) is 11.7 Å². The average Bonchev–Trinajstić information content (AvgIpc) is 3.26. The lowest BCUT2D eigenvalue weighted by molar-refractivity contribution is -0.131. The minimum atomic E-state index is -0.213. The van der Waals surface area contributed by atoms with E-state index in [0.717, 1.165) is 16.0 Å². The zero-order valence-corrected chi connectivity index (χ0v) is 18.3. The third kappa shape index (κ3) is 3.97. The fourth-order valence-corrected chi connectivity index (χ4v) is 4.63. The lowest BCUT2D eigenvalue weighted by atomic mass is 10.2. The molecule has 0 saturated carbocycles. The molecule has 162 valence electrons. The highest BCUT2D eigenvalue weighted by Gasteiger charge is 2.17. The Morgan fingerprint density at radius 2 is 1.88 bits per heavy atom. The van der Waals surface area contributed by atoms with Crippen LogP contribution in [0.3, 0.4) is 0 Å². The molecule has 1 aliphatic heterocycles. The molecule has 5 rings (SSSR count). The second-order valence-electron chi connectivity index (χ2n) is 7.60.